The topological polar surface area (TPSA) is 150 Å². The summed E-state index contributed by atoms with van der Waals surface area (Å²) in [5.74, 6) is -4.39. The molecule has 1 saturated carbocycles. The zero-order valence-corrected chi connectivity index (χ0v) is 25.0. The maximum absolute atomic E-state index is 14.4. The maximum Gasteiger partial charge on any atom is 0.407 e. The van der Waals surface area contributed by atoms with E-state index in [0.29, 0.717) is 37.8 Å². The van der Waals surface area contributed by atoms with Gasteiger partial charge in [0.25, 0.3) is 0 Å². The molecule has 1 aliphatic carbocycles. The maximum atomic E-state index is 14.4. The third kappa shape index (κ3) is 6.70. The van der Waals surface area contributed by atoms with Gasteiger partial charge in [-0.25, -0.2) is 22.6 Å². The minimum absolute atomic E-state index is 0.0852. The first kappa shape index (κ1) is 32.1. The molecule has 3 heterocycles. The first-order chi connectivity index (χ1) is 20.8. The Balaban J connectivity index is 1.26. The molecule has 1 aromatic heterocycles. The summed E-state index contributed by atoms with van der Waals surface area (Å²) >= 11 is 0. The molecule has 0 unspecified atom stereocenters. The van der Waals surface area contributed by atoms with Crippen LogP contribution < -0.4 is 5.32 Å². The van der Waals surface area contributed by atoms with Gasteiger partial charge in [-0.2, -0.15) is 0 Å². The first-order valence-electron chi connectivity index (χ1n) is 14.6. The Morgan fingerprint density at radius 3 is 2.57 bits per heavy atom. The fraction of sp³-hybridized carbons (Fsp3) is 0.655. The zero-order chi connectivity index (χ0) is 31.8. The highest BCUT2D eigenvalue weighted by molar-refractivity contribution is 5.86. The number of aliphatic hydroxyl groups is 2. The number of rotatable bonds is 7. The lowest BCUT2D eigenvalue weighted by Crippen LogP contribution is -2.57. The number of amides is 1. The molecular weight excluding hydrogens is 587 g/mol. The number of carbonyl (C=O) groups is 1. The van der Waals surface area contributed by atoms with Crippen LogP contribution >= 0.6 is 0 Å². The molecule has 242 valence electrons. The minimum Gasteiger partial charge on any atom is -0.446 e. The fourth-order valence-corrected chi connectivity index (χ4v) is 6.13. The van der Waals surface area contributed by atoms with Gasteiger partial charge in [-0.15, -0.1) is 5.10 Å². The van der Waals surface area contributed by atoms with E-state index in [9.17, 15) is 28.2 Å². The zero-order valence-electron chi connectivity index (χ0n) is 25.0. The van der Waals surface area contributed by atoms with E-state index in [1.165, 1.54) is 18.0 Å². The van der Waals surface area contributed by atoms with Crippen LogP contribution in [0, 0.1) is 17.5 Å². The van der Waals surface area contributed by atoms with E-state index < -0.39 is 71.7 Å². The molecule has 1 saturated heterocycles. The van der Waals surface area contributed by atoms with Crippen LogP contribution in [0.25, 0.3) is 11.3 Å². The van der Waals surface area contributed by atoms with Gasteiger partial charge in [0.15, 0.2) is 17.5 Å². The summed E-state index contributed by atoms with van der Waals surface area (Å²) in [6.07, 6.45) is 0.0603. The van der Waals surface area contributed by atoms with Crippen LogP contribution in [0.2, 0.25) is 0 Å². The number of aromatic nitrogens is 3. The van der Waals surface area contributed by atoms with E-state index in [1.54, 1.807) is 0 Å². The van der Waals surface area contributed by atoms with Gasteiger partial charge < -0.3 is 34.6 Å². The molecule has 1 amide bonds. The Morgan fingerprint density at radius 2 is 1.91 bits per heavy atom. The molecule has 3 aliphatic rings. The third-order valence-electron chi connectivity index (χ3n) is 8.29. The largest absolute Gasteiger partial charge is 0.446 e. The van der Waals surface area contributed by atoms with Crippen LogP contribution in [0.15, 0.2) is 23.5 Å². The minimum atomic E-state index is -1.64. The van der Waals surface area contributed by atoms with Gasteiger partial charge in [0.05, 0.1) is 24.6 Å². The average molecular weight is 626 g/mol. The average Bonchev–Trinajstić information content (AvgIpc) is 3.60. The summed E-state index contributed by atoms with van der Waals surface area (Å²) in [6.45, 7) is 5.13. The highest BCUT2D eigenvalue weighted by Crippen LogP contribution is 2.42. The molecule has 5 rings (SSSR count). The number of hydrogen-bond donors (Lipinski definition) is 3. The summed E-state index contributed by atoms with van der Waals surface area (Å²) in [5, 5.41) is 36.2. The van der Waals surface area contributed by atoms with Crippen molar-refractivity contribution in [3.8, 4) is 11.3 Å². The standard InChI is InChI=1S/C29H38F3N5O7/c1-28(2,3)33-27(40)42-16-7-9-29(10-8-16)12-15(35-44-29)11-20-26(41-4)24(25(39)21(14-38)43-20)37-13-19(34-36-37)17-5-6-18(30)23(32)22(17)31/h5-6,13,16,20-21,24-26,38-39H,7-12,14H2,1-4H3,(H,33,40)/t16?,20-,21-,24+,25+,26+,29?/m1/s1. The van der Waals surface area contributed by atoms with Crippen LogP contribution in [0.4, 0.5) is 18.0 Å². The van der Waals surface area contributed by atoms with Crippen molar-refractivity contribution in [2.24, 2.45) is 5.16 Å². The molecule has 44 heavy (non-hydrogen) atoms. The lowest BCUT2D eigenvalue weighted by Gasteiger charge is -2.43. The lowest BCUT2D eigenvalue weighted by molar-refractivity contribution is -0.210. The number of methoxy groups -OCH3 is 1. The smallest absolute Gasteiger partial charge is 0.407 e. The van der Waals surface area contributed by atoms with Gasteiger partial charge in [0.2, 0.25) is 0 Å². The Bertz CT molecular complexity index is 1380. The van der Waals surface area contributed by atoms with Crippen molar-refractivity contribution in [3.05, 3.63) is 35.8 Å². The number of aliphatic hydroxyl groups excluding tert-OH is 2. The van der Waals surface area contributed by atoms with E-state index in [4.69, 9.17) is 19.0 Å². The Labute approximate surface area is 252 Å². The Kier molecular flexibility index (Phi) is 9.21. The fourth-order valence-electron chi connectivity index (χ4n) is 6.13. The van der Waals surface area contributed by atoms with Crippen molar-refractivity contribution < 1.29 is 47.2 Å². The molecule has 15 heteroatoms. The lowest BCUT2D eigenvalue weighted by atomic mass is 9.79. The SMILES string of the molecule is CO[C@@H]1[C@@H](n2cc(-c3ccc(F)c(F)c3F)nn2)[C@@H](O)[C@@H](CO)O[C@@H]1CC1=NOC2(CCC(OC(=O)NC(C)(C)C)CC2)C1. The molecule has 12 nitrogen and oxygen atoms in total. The third-order valence-corrected chi connectivity index (χ3v) is 8.29. The number of nitrogens with one attached hydrogen (secondary N) is 1. The van der Waals surface area contributed by atoms with Crippen molar-refractivity contribution in [1.82, 2.24) is 20.3 Å². The van der Waals surface area contributed by atoms with Crippen molar-refractivity contribution in [2.75, 3.05) is 13.7 Å². The molecule has 1 spiro atoms. The van der Waals surface area contributed by atoms with Gasteiger partial charge in [0, 0.05) is 31.1 Å². The second-order valence-electron chi connectivity index (χ2n) is 12.7. The highest BCUT2D eigenvalue weighted by atomic mass is 19.2. The predicted molar refractivity (Wildman–Crippen MR) is 149 cm³/mol. The van der Waals surface area contributed by atoms with Crippen LogP contribution in [0.5, 0.6) is 0 Å². The van der Waals surface area contributed by atoms with Gasteiger partial charge in [-0.1, -0.05) is 10.4 Å². The van der Waals surface area contributed by atoms with E-state index in [1.807, 2.05) is 20.8 Å². The molecule has 0 bridgehead atoms. The van der Waals surface area contributed by atoms with Crippen molar-refractivity contribution in [3.63, 3.8) is 0 Å². The Hall–Kier alpha value is -3.27. The quantitative estimate of drug-likeness (QED) is 0.394. The van der Waals surface area contributed by atoms with E-state index in [0.717, 1.165) is 12.1 Å². The van der Waals surface area contributed by atoms with Crippen molar-refractivity contribution in [1.29, 1.82) is 0 Å². The number of hydrogen-bond acceptors (Lipinski definition) is 10. The van der Waals surface area contributed by atoms with Gasteiger partial charge >= 0.3 is 6.09 Å². The van der Waals surface area contributed by atoms with E-state index in [-0.39, 0.29) is 23.8 Å². The number of carbonyl (C=O) groups excluding carboxylic acids is 1. The summed E-state index contributed by atoms with van der Waals surface area (Å²) in [6, 6.07) is 0.894. The van der Waals surface area contributed by atoms with Gasteiger partial charge in [0.1, 0.15) is 41.8 Å². The number of ether oxygens (including phenoxy) is 3. The number of oxime groups is 1. The Morgan fingerprint density at radius 1 is 1.18 bits per heavy atom. The molecular formula is C29H38F3N5O7. The summed E-state index contributed by atoms with van der Waals surface area (Å²) in [4.78, 5) is 18.1. The molecule has 2 fully saturated rings. The summed E-state index contributed by atoms with van der Waals surface area (Å²) < 4.78 is 60.4. The van der Waals surface area contributed by atoms with Crippen molar-refractivity contribution in [2.45, 2.75) is 107 Å². The number of halogens is 3. The van der Waals surface area contributed by atoms with E-state index >= 15 is 0 Å². The van der Waals surface area contributed by atoms with Crippen LogP contribution in [0.1, 0.15) is 65.3 Å². The molecule has 0 radical (unpaired) electrons. The van der Waals surface area contributed by atoms with Gasteiger partial charge in [-0.3, -0.25) is 0 Å². The monoisotopic (exact) mass is 625 g/mol. The van der Waals surface area contributed by atoms with Gasteiger partial charge in [-0.05, 0) is 58.6 Å². The molecule has 2 aromatic rings. The van der Waals surface area contributed by atoms with Crippen LogP contribution in [-0.2, 0) is 19.0 Å². The van der Waals surface area contributed by atoms with Crippen molar-refractivity contribution >= 4 is 11.8 Å². The molecule has 2 aliphatic heterocycles. The second kappa shape index (κ2) is 12.6. The number of alkyl carbamates (subject to hydrolysis) is 1. The molecule has 1 aromatic carbocycles. The molecule has 5 atom stereocenters. The second-order valence-corrected chi connectivity index (χ2v) is 12.7. The molecule has 3 N–H and O–H groups in total. The number of benzene rings is 1. The summed E-state index contributed by atoms with van der Waals surface area (Å²) in [7, 11) is 1.43. The van der Waals surface area contributed by atoms with E-state index in [2.05, 4.69) is 20.8 Å². The van der Waals surface area contributed by atoms with Crippen LogP contribution in [0.3, 0.4) is 0 Å². The normalized spacial score (nSPS) is 30.6. The summed E-state index contributed by atoms with van der Waals surface area (Å²) in [5.41, 5.74) is -0.614. The number of nitrogens with zero attached hydrogens (tertiary/aromatic N) is 4. The first-order valence-corrected chi connectivity index (χ1v) is 14.6. The highest BCUT2D eigenvalue weighted by Gasteiger charge is 2.49. The predicted octanol–water partition coefficient (Wildman–Crippen LogP) is 3.41. The van der Waals surface area contributed by atoms with Crippen LogP contribution in [-0.4, -0.2) is 92.4 Å².